The molecule has 0 bridgehead atoms. The van der Waals surface area contributed by atoms with Gasteiger partial charge in [0.1, 0.15) is 17.5 Å². The first-order chi connectivity index (χ1) is 16.9. The summed E-state index contributed by atoms with van der Waals surface area (Å²) < 4.78 is 5.29. The molecular weight excluding hydrogens is 440 g/mol. The van der Waals surface area contributed by atoms with Crippen LogP contribution < -0.4 is 10.2 Å². The monoisotopic (exact) mass is 476 g/mol. The quantitative estimate of drug-likeness (QED) is 0.663. The number of hydrogen-bond donors (Lipinski definition) is 1. The molecule has 186 valence electrons. The van der Waals surface area contributed by atoms with E-state index in [1.54, 1.807) is 7.11 Å². The smallest absolute Gasteiger partial charge is 0.244 e. The molecule has 35 heavy (non-hydrogen) atoms. The Bertz CT molecular complexity index is 1060. The summed E-state index contributed by atoms with van der Waals surface area (Å²) in [4.78, 5) is 30.0. The van der Waals surface area contributed by atoms with Crippen LogP contribution in [-0.4, -0.2) is 66.0 Å². The third-order valence-corrected chi connectivity index (χ3v) is 7.99. The normalized spacial score (nSPS) is 22.5. The zero-order chi connectivity index (χ0) is 24.6. The Labute approximate surface area is 208 Å². The Hall–Kier alpha value is -2.90. The van der Waals surface area contributed by atoms with Crippen LogP contribution in [0, 0.1) is 0 Å². The summed E-state index contributed by atoms with van der Waals surface area (Å²) in [6, 6.07) is 17.0. The molecule has 1 unspecified atom stereocenters. The molecule has 1 saturated carbocycles. The number of hydrazine groups is 1. The molecule has 0 aromatic heterocycles. The Morgan fingerprint density at radius 1 is 1.03 bits per heavy atom. The van der Waals surface area contributed by atoms with Crippen molar-refractivity contribution in [2.24, 2.45) is 0 Å². The molecule has 2 heterocycles. The van der Waals surface area contributed by atoms with E-state index in [0.717, 1.165) is 12.2 Å². The summed E-state index contributed by atoms with van der Waals surface area (Å²) in [6.45, 7) is 3.51. The van der Waals surface area contributed by atoms with Crippen LogP contribution in [-0.2, 0) is 16.0 Å². The number of ether oxygens (including phenoxy) is 1. The maximum Gasteiger partial charge on any atom is 0.244 e. The number of amides is 2. The second-order valence-corrected chi connectivity index (χ2v) is 10.2. The van der Waals surface area contributed by atoms with Gasteiger partial charge in [0.15, 0.2) is 0 Å². The molecule has 3 fully saturated rings. The minimum Gasteiger partial charge on any atom is -0.497 e. The SMILES string of the molecule is COc1ccc(CCN2C(=O)C3(CCN(NC(C)=O)CC3)N(C)C2c2ccc(C3CC3)cc2)cc1. The molecule has 1 spiro atoms. The Kier molecular flexibility index (Phi) is 6.55. The molecule has 3 aliphatic rings. The van der Waals surface area contributed by atoms with Crippen molar-refractivity contribution >= 4 is 11.8 Å². The van der Waals surface area contributed by atoms with E-state index in [1.165, 1.54) is 36.5 Å². The lowest BCUT2D eigenvalue weighted by Gasteiger charge is -2.41. The molecule has 2 aliphatic heterocycles. The van der Waals surface area contributed by atoms with Crippen molar-refractivity contribution in [1.82, 2.24) is 20.2 Å². The minimum atomic E-state index is -0.547. The number of rotatable bonds is 7. The van der Waals surface area contributed by atoms with Gasteiger partial charge in [-0.1, -0.05) is 36.4 Å². The number of piperidine rings is 1. The van der Waals surface area contributed by atoms with E-state index in [1.807, 2.05) is 17.1 Å². The topological polar surface area (TPSA) is 65.1 Å². The maximum atomic E-state index is 14.1. The third-order valence-electron chi connectivity index (χ3n) is 7.99. The molecule has 1 N–H and O–H groups in total. The lowest BCUT2D eigenvalue weighted by atomic mass is 9.86. The van der Waals surface area contributed by atoms with Crippen LogP contribution in [0.15, 0.2) is 48.5 Å². The zero-order valence-electron chi connectivity index (χ0n) is 21.0. The first kappa shape index (κ1) is 23.8. The van der Waals surface area contributed by atoms with Crippen LogP contribution in [0.1, 0.15) is 61.4 Å². The van der Waals surface area contributed by atoms with Crippen LogP contribution in [0.5, 0.6) is 5.75 Å². The van der Waals surface area contributed by atoms with Crippen molar-refractivity contribution in [3.8, 4) is 5.75 Å². The fourth-order valence-corrected chi connectivity index (χ4v) is 5.78. The largest absolute Gasteiger partial charge is 0.497 e. The van der Waals surface area contributed by atoms with Gasteiger partial charge >= 0.3 is 0 Å². The van der Waals surface area contributed by atoms with Crippen LogP contribution in [0.4, 0.5) is 0 Å². The highest BCUT2D eigenvalue weighted by molar-refractivity contribution is 5.89. The van der Waals surface area contributed by atoms with Crippen molar-refractivity contribution in [1.29, 1.82) is 0 Å². The summed E-state index contributed by atoms with van der Waals surface area (Å²) in [6.07, 6.45) is 4.64. The molecule has 2 saturated heterocycles. The highest BCUT2D eigenvalue weighted by Gasteiger charge is 2.56. The maximum absolute atomic E-state index is 14.1. The number of nitrogens with zero attached hydrogens (tertiary/aromatic N) is 3. The zero-order valence-corrected chi connectivity index (χ0v) is 21.0. The Morgan fingerprint density at radius 2 is 1.66 bits per heavy atom. The molecular formula is C28H36N4O3. The van der Waals surface area contributed by atoms with E-state index in [2.05, 4.69) is 58.7 Å². The Morgan fingerprint density at radius 3 is 2.23 bits per heavy atom. The van der Waals surface area contributed by atoms with Crippen LogP contribution in [0.25, 0.3) is 0 Å². The molecule has 1 atom stereocenters. The summed E-state index contributed by atoms with van der Waals surface area (Å²) in [7, 11) is 3.77. The number of hydrogen-bond acceptors (Lipinski definition) is 5. The summed E-state index contributed by atoms with van der Waals surface area (Å²) in [5.41, 5.74) is 6.10. The van der Waals surface area contributed by atoms with Gasteiger partial charge < -0.3 is 9.64 Å². The number of methoxy groups -OCH3 is 1. The van der Waals surface area contributed by atoms with Crippen LogP contribution >= 0.6 is 0 Å². The van der Waals surface area contributed by atoms with Gasteiger partial charge in [-0.3, -0.25) is 19.9 Å². The van der Waals surface area contributed by atoms with E-state index >= 15 is 0 Å². The van der Waals surface area contributed by atoms with Gasteiger partial charge in [-0.25, -0.2) is 5.01 Å². The van der Waals surface area contributed by atoms with E-state index in [9.17, 15) is 9.59 Å². The van der Waals surface area contributed by atoms with Crippen molar-refractivity contribution in [3.63, 3.8) is 0 Å². The average molecular weight is 477 g/mol. The predicted molar refractivity (Wildman–Crippen MR) is 135 cm³/mol. The standard InChI is InChI=1S/C28H36N4O3/c1-20(33)29-31-18-15-28(16-19-31)27(34)32(17-14-21-4-12-25(35-3)13-5-21)26(30(28)2)24-10-8-23(9-11-24)22-6-7-22/h4-5,8-13,22,26H,6-7,14-19H2,1-3H3,(H,29,33). The lowest BCUT2D eigenvalue weighted by Crippen LogP contribution is -2.58. The van der Waals surface area contributed by atoms with E-state index < -0.39 is 5.54 Å². The molecule has 2 aromatic rings. The number of likely N-dealkylation sites (N-methyl/N-ethyl adjacent to an activating group) is 1. The second kappa shape index (κ2) is 9.63. The number of benzene rings is 2. The molecule has 2 aromatic carbocycles. The van der Waals surface area contributed by atoms with Gasteiger partial charge in [-0.15, -0.1) is 0 Å². The third kappa shape index (κ3) is 4.67. The Balaban J connectivity index is 1.39. The molecule has 2 amide bonds. The van der Waals surface area contributed by atoms with Gasteiger partial charge in [-0.05, 0) is 73.9 Å². The van der Waals surface area contributed by atoms with Gasteiger partial charge in [0.05, 0.1) is 7.11 Å². The highest BCUT2D eigenvalue weighted by Crippen LogP contribution is 2.45. The van der Waals surface area contributed by atoms with E-state index in [-0.39, 0.29) is 18.0 Å². The summed E-state index contributed by atoms with van der Waals surface area (Å²) in [5.74, 6) is 1.68. The van der Waals surface area contributed by atoms with Crippen molar-refractivity contribution in [3.05, 3.63) is 65.2 Å². The summed E-state index contributed by atoms with van der Waals surface area (Å²) >= 11 is 0. The first-order valence-corrected chi connectivity index (χ1v) is 12.7. The number of carbonyl (C=O) groups is 2. The average Bonchev–Trinajstić information content (AvgIpc) is 3.70. The van der Waals surface area contributed by atoms with Gasteiger partial charge in [0.25, 0.3) is 0 Å². The van der Waals surface area contributed by atoms with E-state index in [4.69, 9.17) is 4.74 Å². The summed E-state index contributed by atoms with van der Waals surface area (Å²) in [5, 5.41) is 1.94. The van der Waals surface area contributed by atoms with Crippen molar-refractivity contribution in [2.75, 3.05) is 33.8 Å². The fraction of sp³-hybridized carbons (Fsp3) is 0.500. The predicted octanol–water partition coefficient (Wildman–Crippen LogP) is 3.47. The lowest BCUT2D eigenvalue weighted by molar-refractivity contribution is -0.136. The van der Waals surface area contributed by atoms with Gasteiger partial charge in [0, 0.05) is 26.6 Å². The molecule has 5 rings (SSSR count). The molecule has 7 nitrogen and oxygen atoms in total. The fourth-order valence-electron chi connectivity index (χ4n) is 5.78. The van der Waals surface area contributed by atoms with Gasteiger partial charge in [0.2, 0.25) is 11.8 Å². The van der Waals surface area contributed by atoms with Crippen LogP contribution in [0.3, 0.4) is 0 Å². The van der Waals surface area contributed by atoms with Gasteiger partial charge in [-0.2, -0.15) is 0 Å². The second-order valence-electron chi connectivity index (χ2n) is 10.2. The number of carbonyl (C=O) groups excluding carboxylic acids is 2. The van der Waals surface area contributed by atoms with Crippen LogP contribution in [0.2, 0.25) is 0 Å². The minimum absolute atomic E-state index is 0.0678. The number of nitrogens with one attached hydrogen (secondary N) is 1. The first-order valence-electron chi connectivity index (χ1n) is 12.7. The highest BCUT2D eigenvalue weighted by atomic mass is 16.5. The molecule has 7 heteroatoms. The van der Waals surface area contributed by atoms with Crippen molar-refractivity contribution < 1.29 is 14.3 Å². The van der Waals surface area contributed by atoms with Crippen molar-refractivity contribution in [2.45, 2.75) is 56.7 Å². The molecule has 0 radical (unpaired) electrons. The van der Waals surface area contributed by atoms with E-state index in [0.29, 0.717) is 38.4 Å². The molecule has 1 aliphatic carbocycles.